The van der Waals surface area contributed by atoms with Gasteiger partial charge in [0.05, 0.1) is 0 Å². The summed E-state index contributed by atoms with van der Waals surface area (Å²) in [4.78, 5) is 10.8. The van der Waals surface area contributed by atoms with E-state index in [1.807, 2.05) is 0 Å². The van der Waals surface area contributed by atoms with E-state index in [1.165, 1.54) is 0 Å². The molecule has 0 saturated heterocycles. The zero-order valence-electron chi connectivity index (χ0n) is 8.19. The standard InChI is InChI=1S/C8H14O5S/c1-4-7(14(10,11)12)6(3)13-8(9)5-2/h7H,3-5H2,1-2H3,(H,10,11,12). The summed E-state index contributed by atoms with van der Waals surface area (Å²) >= 11 is 0. The van der Waals surface area contributed by atoms with Crippen LogP contribution in [0.5, 0.6) is 0 Å². The van der Waals surface area contributed by atoms with E-state index >= 15 is 0 Å². The third-order valence-corrected chi connectivity index (χ3v) is 2.94. The van der Waals surface area contributed by atoms with Crippen LogP contribution in [-0.2, 0) is 19.6 Å². The van der Waals surface area contributed by atoms with Crippen molar-refractivity contribution in [2.24, 2.45) is 0 Å². The molecule has 1 atom stereocenters. The number of carbonyl (C=O) groups is 1. The van der Waals surface area contributed by atoms with Crippen molar-refractivity contribution in [2.75, 3.05) is 0 Å². The molecule has 0 saturated carbocycles. The van der Waals surface area contributed by atoms with E-state index in [0.29, 0.717) is 0 Å². The molecule has 5 nitrogen and oxygen atoms in total. The zero-order valence-corrected chi connectivity index (χ0v) is 9.00. The molecule has 0 aromatic rings. The van der Waals surface area contributed by atoms with Crippen molar-refractivity contribution in [3.05, 3.63) is 12.3 Å². The largest absolute Gasteiger partial charge is 0.430 e. The predicted molar refractivity (Wildman–Crippen MR) is 51.2 cm³/mol. The second-order valence-electron chi connectivity index (χ2n) is 2.71. The Labute approximate surface area is 83.5 Å². The van der Waals surface area contributed by atoms with Gasteiger partial charge in [0, 0.05) is 6.42 Å². The first kappa shape index (κ1) is 13.1. The van der Waals surface area contributed by atoms with Gasteiger partial charge in [0.2, 0.25) is 0 Å². The predicted octanol–water partition coefficient (Wildman–Crippen LogP) is 1.12. The van der Waals surface area contributed by atoms with Gasteiger partial charge in [-0.2, -0.15) is 8.42 Å². The minimum Gasteiger partial charge on any atom is -0.430 e. The molecule has 0 heterocycles. The first-order valence-corrected chi connectivity index (χ1v) is 5.69. The molecule has 0 rings (SSSR count). The highest BCUT2D eigenvalue weighted by molar-refractivity contribution is 7.86. The molecule has 0 aliphatic heterocycles. The third-order valence-electron chi connectivity index (χ3n) is 1.62. The SMILES string of the molecule is C=C(OC(=O)CC)C(CC)S(=O)(=O)O. The molecule has 1 unspecified atom stereocenters. The maximum absolute atomic E-state index is 10.8. The minimum atomic E-state index is -4.24. The van der Waals surface area contributed by atoms with Crippen LogP contribution in [0.2, 0.25) is 0 Å². The Morgan fingerprint density at radius 1 is 1.50 bits per heavy atom. The zero-order chi connectivity index (χ0) is 11.4. The lowest BCUT2D eigenvalue weighted by atomic mass is 10.3. The molecule has 14 heavy (non-hydrogen) atoms. The molecule has 0 amide bonds. The van der Waals surface area contributed by atoms with E-state index in [2.05, 4.69) is 11.3 Å². The Morgan fingerprint density at radius 2 is 2.00 bits per heavy atom. The van der Waals surface area contributed by atoms with E-state index in [1.54, 1.807) is 13.8 Å². The second-order valence-corrected chi connectivity index (χ2v) is 4.30. The maximum atomic E-state index is 10.8. The number of rotatable bonds is 5. The Balaban J connectivity index is 4.58. The Hall–Kier alpha value is -0.880. The minimum absolute atomic E-state index is 0.106. The summed E-state index contributed by atoms with van der Waals surface area (Å²) in [6.07, 6.45) is 0.232. The van der Waals surface area contributed by atoms with Crippen LogP contribution in [0.3, 0.4) is 0 Å². The summed E-state index contributed by atoms with van der Waals surface area (Å²) in [7, 11) is -4.24. The molecule has 0 aliphatic rings. The van der Waals surface area contributed by atoms with E-state index < -0.39 is 21.3 Å². The molecular formula is C8H14O5S. The van der Waals surface area contributed by atoms with Gasteiger partial charge >= 0.3 is 5.97 Å². The molecule has 82 valence electrons. The summed E-state index contributed by atoms with van der Waals surface area (Å²) in [5.74, 6) is -0.807. The van der Waals surface area contributed by atoms with E-state index in [0.717, 1.165) is 0 Å². The van der Waals surface area contributed by atoms with Crippen LogP contribution < -0.4 is 0 Å². The van der Waals surface area contributed by atoms with Crippen molar-refractivity contribution in [1.29, 1.82) is 0 Å². The van der Waals surface area contributed by atoms with Gasteiger partial charge in [-0.15, -0.1) is 0 Å². The van der Waals surface area contributed by atoms with Gasteiger partial charge in [-0.1, -0.05) is 20.4 Å². The monoisotopic (exact) mass is 222 g/mol. The molecule has 6 heteroatoms. The summed E-state index contributed by atoms with van der Waals surface area (Å²) in [5, 5.41) is -1.24. The van der Waals surface area contributed by atoms with Crippen LogP contribution in [0.25, 0.3) is 0 Å². The molecule has 0 radical (unpaired) electrons. The third kappa shape index (κ3) is 3.89. The van der Waals surface area contributed by atoms with E-state index in [4.69, 9.17) is 4.55 Å². The van der Waals surface area contributed by atoms with Crippen LogP contribution in [-0.4, -0.2) is 24.2 Å². The molecule has 0 aliphatic carbocycles. The molecule has 0 fully saturated rings. The van der Waals surface area contributed by atoms with Crippen LogP contribution in [0, 0.1) is 0 Å². The van der Waals surface area contributed by atoms with Gasteiger partial charge < -0.3 is 4.74 Å². The quantitative estimate of drug-likeness (QED) is 0.428. The lowest BCUT2D eigenvalue weighted by Gasteiger charge is -2.13. The first-order valence-electron chi connectivity index (χ1n) is 4.18. The summed E-state index contributed by atoms with van der Waals surface area (Å²) < 4.78 is 34.9. The highest BCUT2D eigenvalue weighted by Gasteiger charge is 2.26. The highest BCUT2D eigenvalue weighted by atomic mass is 32.2. The molecule has 0 bridgehead atoms. The fourth-order valence-corrected chi connectivity index (χ4v) is 1.69. The van der Waals surface area contributed by atoms with E-state index in [-0.39, 0.29) is 18.6 Å². The first-order chi connectivity index (χ1) is 6.32. The van der Waals surface area contributed by atoms with Gasteiger partial charge in [0.15, 0.2) is 0 Å². The van der Waals surface area contributed by atoms with Crippen LogP contribution in [0.1, 0.15) is 26.7 Å². The van der Waals surface area contributed by atoms with Gasteiger partial charge in [-0.05, 0) is 6.42 Å². The van der Waals surface area contributed by atoms with Crippen LogP contribution in [0.15, 0.2) is 12.3 Å². The lowest BCUT2D eigenvalue weighted by Crippen LogP contribution is -2.24. The van der Waals surface area contributed by atoms with E-state index in [9.17, 15) is 13.2 Å². The molecule has 0 spiro atoms. The van der Waals surface area contributed by atoms with Crippen LogP contribution >= 0.6 is 0 Å². The molecule has 1 N–H and O–H groups in total. The van der Waals surface area contributed by atoms with Crippen molar-refractivity contribution in [3.8, 4) is 0 Å². The summed E-state index contributed by atoms with van der Waals surface area (Å²) in [5.41, 5.74) is 0. The summed E-state index contributed by atoms with van der Waals surface area (Å²) in [6.45, 7) is 6.42. The molecular weight excluding hydrogens is 208 g/mol. The normalized spacial score (nSPS) is 13.4. The van der Waals surface area contributed by atoms with Crippen molar-refractivity contribution < 1.29 is 22.5 Å². The Bertz CT molecular complexity index is 317. The topological polar surface area (TPSA) is 80.7 Å². The average molecular weight is 222 g/mol. The fraction of sp³-hybridized carbons (Fsp3) is 0.625. The number of hydrogen-bond donors (Lipinski definition) is 1. The van der Waals surface area contributed by atoms with Crippen LogP contribution in [0.4, 0.5) is 0 Å². The average Bonchev–Trinajstić information content (AvgIpc) is 2.02. The molecule has 0 aromatic heterocycles. The van der Waals surface area contributed by atoms with Gasteiger partial charge in [0.1, 0.15) is 11.0 Å². The molecule has 0 aromatic carbocycles. The van der Waals surface area contributed by atoms with Gasteiger partial charge in [-0.25, -0.2) is 0 Å². The number of ether oxygens (including phenoxy) is 1. The van der Waals surface area contributed by atoms with Crippen molar-refractivity contribution in [2.45, 2.75) is 31.9 Å². The maximum Gasteiger partial charge on any atom is 0.310 e. The number of esters is 1. The Kier molecular flexibility index (Phi) is 4.79. The smallest absolute Gasteiger partial charge is 0.310 e. The number of carbonyl (C=O) groups excluding carboxylic acids is 1. The highest BCUT2D eigenvalue weighted by Crippen LogP contribution is 2.15. The van der Waals surface area contributed by atoms with Crippen molar-refractivity contribution >= 4 is 16.1 Å². The fourth-order valence-electron chi connectivity index (χ4n) is 0.889. The van der Waals surface area contributed by atoms with Crippen molar-refractivity contribution in [1.82, 2.24) is 0 Å². The summed E-state index contributed by atoms with van der Waals surface area (Å²) in [6, 6.07) is 0. The Morgan fingerprint density at radius 3 is 2.29 bits per heavy atom. The van der Waals surface area contributed by atoms with Gasteiger partial charge in [0.25, 0.3) is 10.1 Å². The second kappa shape index (κ2) is 5.11. The number of hydrogen-bond acceptors (Lipinski definition) is 4. The van der Waals surface area contributed by atoms with Crippen molar-refractivity contribution in [3.63, 3.8) is 0 Å². The van der Waals surface area contributed by atoms with Gasteiger partial charge in [-0.3, -0.25) is 9.35 Å². The lowest BCUT2D eigenvalue weighted by molar-refractivity contribution is -0.139.